The van der Waals surface area contributed by atoms with Crippen molar-refractivity contribution >= 4 is 11.8 Å². The molecule has 1 heterocycles. The number of nitrogens with one attached hydrogen (secondary N) is 1. The minimum absolute atomic E-state index is 0.383. The molecule has 1 nitrogen and oxygen atoms in total. The van der Waals surface area contributed by atoms with Crippen molar-refractivity contribution in [3.8, 4) is 0 Å². The van der Waals surface area contributed by atoms with Crippen LogP contribution >= 0.6 is 11.8 Å². The minimum atomic E-state index is 0.383. The molecule has 0 unspecified atom stereocenters. The smallest absolute Gasteiger partial charge is 0.0689 e. The normalized spacial score (nSPS) is 30.6. The van der Waals surface area contributed by atoms with E-state index in [1.165, 1.54) is 31.6 Å². The van der Waals surface area contributed by atoms with Gasteiger partial charge < -0.3 is 5.32 Å². The maximum Gasteiger partial charge on any atom is 0.0689 e. The van der Waals surface area contributed by atoms with Crippen molar-refractivity contribution in [2.75, 3.05) is 12.3 Å². The predicted molar refractivity (Wildman–Crippen MR) is 61.7 cm³/mol. The van der Waals surface area contributed by atoms with E-state index in [2.05, 4.69) is 41.3 Å². The van der Waals surface area contributed by atoms with Crippen LogP contribution in [0.4, 0.5) is 0 Å². The summed E-state index contributed by atoms with van der Waals surface area (Å²) in [7, 11) is 0. The third kappa shape index (κ3) is 1.37. The number of hydrogen-bond donors (Lipinski definition) is 1. The molecule has 1 aromatic rings. The van der Waals surface area contributed by atoms with E-state index in [0.29, 0.717) is 4.87 Å². The zero-order valence-corrected chi connectivity index (χ0v) is 9.07. The highest BCUT2D eigenvalue weighted by atomic mass is 32.2. The summed E-state index contributed by atoms with van der Waals surface area (Å²) in [6.07, 6.45) is 3.76. The van der Waals surface area contributed by atoms with Gasteiger partial charge >= 0.3 is 0 Å². The van der Waals surface area contributed by atoms with Crippen molar-refractivity contribution in [1.82, 2.24) is 5.32 Å². The monoisotopic (exact) mass is 205 g/mol. The summed E-state index contributed by atoms with van der Waals surface area (Å²) >= 11 is 2.12. The van der Waals surface area contributed by atoms with Gasteiger partial charge in [0.15, 0.2) is 0 Å². The predicted octanol–water partition coefficient (Wildman–Crippen LogP) is 2.21. The fraction of sp³-hybridized carbons (Fsp3) is 0.500. The van der Waals surface area contributed by atoms with E-state index in [4.69, 9.17) is 0 Å². The summed E-state index contributed by atoms with van der Waals surface area (Å²) in [6, 6.07) is 8.89. The summed E-state index contributed by atoms with van der Waals surface area (Å²) in [5.41, 5.74) is 3.12. The molecule has 0 saturated carbocycles. The molecule has 1 aliphatic carbocycles. The van der Waals surface area contributed by atoms with Crippen molar-refractivity contribution in [3.63, 3.8) is 0 Å². The first-order chi connectivity index (χ1) is 6.88. The maximum atomic E-state index is 3.68. The molecule has 1 fully saturated rings. The lowest BCUT2D eigenvalue weighted by Gasteiger charge is -2.34. The van der Waals surface area contributed by atoms with Crippen LogP contribution in [0.25, 0.3) is 0 Å². The van der Waals surface area contributed by atoms with Crippen LogP contribution in [-0.2, 0) is 12.8 Å². The quantitative estimate of drug-likeness (QED) is 0.697. The van der Waals surface area contributed by atoms with E-state index >= 15 is 0 Å². The van der Waals surface area contributed by atoms with Gasteiger partial charge in [-0.3, -0.25) is 0 Å². The Balaban J connectivity index is 1.92. The van der Waals surface area contributed by atoms with E-state index in [1.54, 1.807) is 11.1 Å². The van der Waals surface area contributed by atoms with Gasteiger partial charge in [-0.1, -0.05) is 24.3 Å². The van der Waals surface area contributed by atoms with Crippen molar-refractivity contribution < 1.29 is 0 Å². The molecular weight excluding hydrogens is 190 g/mol. The first-order valence-electron chi connectivity index (χ1n) is 5.34. The van der Waals surface area contributed by atoms with E-state index in [1.807, 2.05) is 0 Å². The topological polar surface area (TPSA) is 12.0 Å². The fourth-order valence-corrected chi connectivity index (χ4v) is 3.86. The third-order valence-electron chi connectivity index (χ3n) is 3.32. The van der Waals surface area contributed by atoms with Crippen LogP contribution in [0.5, 0.6) is 0 Å². The average Bonchev–Trinajstić information content (AvgIpc) is 2.66. The zero-order valence-electron chi connectivity index (χ0n) is 8.25. The second-order valence-corrected chi connectivity index (χ2v) is 5.69. The van der Waals surface area contributed by atoms with Gasteiger partial charge in [-0.2, -0.15) is 0 Å². The van der Waals surface area contributed by atoms with Crippen LogP contribution in [0.15, 0.2) is 24.3 Å². The highest BCUT2D eigenvalue weighted by Crippen LogP contribution is 2.39. The van der Waals surface area contributed by atoms with Gasteiger partial charge in [-0.05, 0) is 24.0 Å². The first-order valence-corrected chi connectivity index (χ1v) is 6.32. The number of hydrogen-bond acceptors (Lipinski definition) is 2. The summed E-state index contributed by atoms with van der Waals surface area (Å²) in [5.74, 6) is 1.28. The van der Waals surface area contributed by atoms with E-state index in [9.17, 15) is 0 Å². The Hall–Kier alpha value is -0.470. The summed E-state index contributed by atoms with van der Waals surface area (Å²) in [5, 5.41) is 3.68. The van der Waals surface area contributed by atoms with Crippen LogP contribution < -0.4 is 5.32 Å². The molecule has 0 radical (unpaired) electrons. The molecule has 1 aromatic carbocycles. The molecule has 2 aliphatic rings. The molecule has 1 aliphatic heterocycles. The maximum absolute atomic E-state index is 3.68. The molecule has 2 heteroatoms. The van der Waals surface area contributed by atoms with Gasteiger partial charge in [-0.15, -0.1) is 11.8 Å². The van der Waals surface area contributed by atoms with E-state index in [-0.39, 0.29) is 0 Å². The van der Waals surface area contributed by atoms with Gasteiger partial charge in [0.05, 0.1) is 4.87 Å². The molecule has 74 valence electrons. The van der Waals surface area contributed by atoms with Crippen molar-refractivity contribution in [2.45, 2.75) is 24.1 Å². The standard InChI is InChI=1S/C12H15NS/c1-2-4-11-9-12(13-7-8-14-12)6-5-10(11)3-1/h1-4,13H,5-9H2/t12-/m1/s1. The lowest BCUT2D eigenvalue weighted by Crippen LogP contribution is -2.42. The molecule has 1 atom stereocenters. The van der Waals surface area contributed by atoms with Gasteiger partial charge in [0.25, 0.3) is 0 Å². The third-order valence-corrected chi connectivity index (χ3v) is 4.77. The van der Waals surface area contributed by atoms with Crippen LogP contribution in [0, 0.1) is 0 Å². The molecule has 1 spiro atoms. The largest absolute Gasteiger partial charge is 0.302 e. The Morgan fingerprint density at radius 3 is 2.86 bits per heavy atom. The van der Waals surface area contributed by atoms with Crippen molar-refractivity contribution in [1.29, 1.82) is 0 Å². The number of aryl methyl sites for hydroxylation is 1. The highest BCUT2D eigenvalue weighted by Gasteiger charge is 2.37. The van der Waals surface area contributed by atoms with Crippen LogP contribution in [0.3, 0.4) is 0 Å². The Labute approximate surface area is 89.3 Å². The number of fused-ring (bicyclic) bond motifs is 1. The van der Waals surface area contributed by atoms with Crippen LogP contribution in [0.2, 0.25) is 0 Å². The molecular formula is C12H15NS. The molecule has 0 amide bonds. The minimum Gasteiger partial charge on any atom is -0.302 e. The number of benzene rings is 1. The molecule has 0 aromatic heterocycles. The molecule has 1 N–H and O–H groups in total. The lowest BCUT2D eigenvalue weighted by atomic mass is 9.88. The molecule has 3 rings (SSSR count). The zero-order chi connectivity index (χ0) is 9.43. The van der Waals surface area contributed by atoms with Crippen molar-refractivity contribution in [2.24, 2.45) is 0 Å². The number of thioether (sulfide) groups is 1. The molecule has 1 saturated heterocycles. The fourth-order valence-electron chi connectivity index (χ4n) is 2.56. The van der Waals surface area contributed by atoms with Crippen molar-refractivity contribution in [3.05, 3.63) is 35.4 Å². The highest BCUT2D eigenvalue weighted by molar-refractivity contribution is 8.00. The number of rotatable bonds is 0. The van der Waals surface area contributed by atoms with Gasteiger partial charge in [-0.25, -0.2) is 0 Å². The second kappa shape index (κ2) is 3.28. The van der Waals surface area contributed by atoms with E-state index in [0.717, 1.165) is 0 Å². The summed E-state index contributed by atoms with van der Waals surface area (Å²) in [6.45, 7) is 1.19. The van der Waals surface area contributed by atoms with Gasteiger partial charge in [0.1, 0.15) is 0 Å². The summed E-state index contributed by atoms with van der Waals surface area (Å²) < 4.78 is 0. The van der Waals surface area contributed by atoms with Gasteiger partial charge in [0, 0.05) is 18.7 Å². The first kappa shape index (κ1) is 8.81. The molecule has 0 bridgehead atoms. The lowest BCUT2D eigenvalue weighted by molar-refractivity contribution is 0.444. The van der Waals surface area contributed by atoms with Gasteiger partial charge in [0.2, 0.25) is 0 Å². The Kier molecular flexibility index (Phi) is 2.06. The van der Waals surface area contributed by atoms with Crippen LogP contribution in [0.1, 0.15) is 17.5 Å². The Bertz CT molecular complexity index is 342. The average molecular weight is 205 g/mol. The Morgan fingerprint density at radius 1 is 1.21 bits per heavy atom. The second-order valence-electron chi connectivity index (χ2n) is 4.22. The SMILES string of the molecule is c1ccc2c(c1)CC[C@@]1(C2)NCCS1. The van der Waals surface area contributed by atoms with Crippen LogP contribution in [-0.4, -0.2) is 17.2 Å². The Morgan fingerprint density at radius 2 is 2.07 bits per heavy atom. The molecule has 14 heavy (non-hydrogen) atoms. The summed E-state index contributed by atoms with van der Waals surface area (Å²) in [4.78, 5) is 0.383. The van der Waals surface area contributed by atoms with E-state index < -0.39 is 0 Å².